The third kappa shape index (κ3) is 2.12. The summed E-state index contributed by atoms with van der Waals surface area (Å²) in [5.74, 6) is 1.27. The number of nitrogens with zero attached hydrogens (tertiary/aromatic N) is 1. The quantitative estimate of drug-likeness (QED) is 0.708. The van der Waals surface area contributed by atoms with E-state index in [1.807, 2.05) is 13.0 Å². The van der Waals surface area contributed by atoms with Crippen LogP contribution in [0.5, 0.6) is 11.5 Å². The first-order valence-electron chi connectivity index (χ1n) is 4.02. The first-order valence-corrected chi connectivity index (χ1v) is 4.02. The van der Waals surface area contributed by atoms with E-state index < -0.39 is 0 Å². The summed E-state index contributed by atoms with van der Waals surface area (Å²) in [5, 5.41) is 8.70. The first kappa shape index (κ1) is 9.40. The summed E-state index contributed by atoms with van der Waals surface area (Å²) in [7, 11) is 1.53. The standard InChI is InChI=1S/C10H11NO2/c1-3-13-9-5-4-8(7-11)10(6-9)12-2/h4-6H,3H2,1-2H3. The van der Waals surface area contributed by atoms with Gasteiger partial charge >= 0.3 is 0 Å². The van der Waals surface area contributed by atoms with Gasteiger partial charge in [-0.15, -0.1) is 0 Å². The Balaban J connectivity index is 3.00. The smallest absolute Gasteiger partial charge is 0.140 e. The van der Waals surface area contributed by atoms with Gasteiger partial charge in [-0.3, -0.25) is 0 Å². The maximum Gasteiger partial charge on any atom is 0.140 e. The van der Waals surface area contributed by atoms with Gasteiger partial charge in [-0.25, -0.2) is 0 Å². The van der Waals surface area contributed by atoms with Gasteiger partial charge in [0, 0.05) is 6.07 Å². The fourth-order valence-electron chi connectivity index (χ4n) is 1.02. The molecule has 0 aromatic heterocycles. The zero-order valence-corrected chi connectivity index (χ0v) is 7.70. The zero-order valence-electron chi connectivity index (χ0n) is 7.70. The van der Waals surface area contributed by atoms with Crippen LogP contribution in [0.3, 0.4) is 0 Å². The highest BCUT2D eigenvalue weighted by Gasteiger charge is 2.03. The van der Waals surface area contributed by atoms with E-state index in [2.05, 4.69) is 0 Å². The topological polar surface area (TPSA) is 42.2 Å². The molecule has 0 spiro atoms. The summed E-state index contributed by atoms with van der Waals surface area (Å²) < 4.78 is 10.3. The summed E-state index contributed by atoms with van der Waals surface area (Å²) in [6, 6.07) is 7.18. The predicted octanol–water partition coefficient (Wildman–Crippen LogP) is 1.97. The number of methoxy groups -OCH3 is 1. The number of ether oxygens (including phenoxy) is 2. The van der Waals surface area contributed by atoms with Crippen molar-refractivity contribution in [1.82, 2.24) is 0 Å². The van der Waals surface area contributed by atoms with Crippen LogP contribution in [0.1, 0.15) is 12.5 Å². The molecule has 1 aromatic rings. The van der Waals surface area contributed by atoms with E-state index >= 15 is 0 Å². The molecule has 0 saturated carbocycles. The van der Waals surface area contributed by atoms with E-state index in [9.17, 15) is 0 Å². The third-order valence-corrected chi connectivity index (χ3v) is 1.60. The van der Waals surface area contributed by atoms with Crippen LogP contribution in [-0.2, 0) is 0 Å². The van der Waals surface area contributed by atoms with Gasteiger partial charge in [-0.05, 0) is 19.1 Å². The largest absolute Gasteiger partial charge is 0.495 e. The molecule has 3 heteroatoms. The SMILES string of the molecule is CCOc1ccc(C#N)c(OC)c1. The molecule has 0 saturated heterocycles. The molecular formula is C10H11NO2. The second-order valence-electron chi connectivity index (χ2n) is 2.41. The summed E-state index contributed by atoms with van der Waals surface area (Å²) in [4.78, 5) is 0. The summed E-state index contributed by atoms with van der Waals surface area (Å²) in [5.41, 5.74) is 0.519. The number of rotatable bonds is 3. The van der Waals surface area contributed by atoms with Gasteiger partial charge in [0.05, 0.1) is 19.3 Å². The Morgan fingerprint density at radius 3 is 2.77 bits per heavy atom. The second kappa shape index (κ2) is 4.36. The normalized spacial score (nSPS) is 9.00. The van der Waals surface area contributed by atoms with Gasteiger partial charge in [-0.2, -0.15) is 5.26 Å². The number of hydrogen-bond donors (Lipinski definition) is 0. The van der Waals surface area contributed by atoms with Crippen LogP contribution in [0.2, 0.25) is 0 Å². The van der Waals surface area contributed by atoms with E-state index in [0.717, 1.165) is 5.75 Å². The summed E-state index contributed by atoms with van der Waals surface area (Å²) >= 11 is 0. The van der Waals surface area contributed by atoms with Crippen molar-refractivity contribution in [2.24, 2.45) is 0 Å². The van der Waals surface area contributed by atoms with Gasteiger partial charge < -0.3 is 9.47 Å². The van der Waals surface area contributed by atoms with Crippen LogP contribution < -0.4 is 9.47 Å². The van der Waals surface area contributed by atoms with Crippen molar-refractivity contribution in [3.63, 3.8) is 0 Å². The number of nitriles is 1. The molecule has 0 N–H and O–H groups in total. The predicted molar refractivity (Wildman–Crippen MR) is 48.9 cm³/mol. The monoisotopic (exact) mass is 177 g/mol. The minimum Gasteiger partial charge on any atom is -0.495 e. The molecule has 68 valence electrons. The molecular weight excluding hydrogens is 166 g/mol. The lowest BCUT2D eigenvalue weighted by molar-refractivity contribution is 0.336. The molecule has 0 fully saturated rings. The first-order chi connectivity index (χ1) is 6.31. The van der Waals surface area contributed by atoms with Gasteiger partial charge in [0.25, 0.3) is 0 Å². The molecule has 13 heavy (non-hydrogen) atoms. The Kier molecular flexibility index (Phi) is 3.15. The second-order valence-corrected chi connectivity index (χ2v) is 2.41. The molecule has 3 nitrogen and oxygen atoms in total. The Morgan fingerprint density at radius 2 is 2.23 bits per heavy atom. The maximum absolute atomic E-state index is 8.70. The molecule has 0 unspecified atom stereocenters. The molecule has 0 atom stereocenters. The molecule has 0 aliphatic heterocycles. The van der Waals surface area contributed by atoms with Crippen molar-refractivity contribution in [2.45, 2.75) is 6.92 Å². The highest BCUT2D eigenvalue weighted by Crippen LogP contribution is 2.23. The van der Waals surface area contributed by atoms with Crippen LogP contribution in [-0.4, -0.2) is 13.7 Å². The van der Waals surface area contributed by atoms with Crippen molar-refractivity contribution >= 4 is 0 Å². The Bertz CT molecular complexity index is 328. The van der Waals surface area contributed by atoms with Crippen LogP contribution in [0.25, 0.3) is 0 Å². The lowest BCUT2D eigenvalue weighted by atomic mass is 10.2. The van der Waals surface area contributed by atoms with Crippen LogP contribution in [0, 0.1) is 11.3 Å². The fraction of sp³-hybridized carbons (Fsp3) is 0.300. The molecule has 0 amide bonds. The van der Waals surface area contributed by atoms with Gasteiger partial charge in [-0.1, -0.05) is 0 Å². The average molecular weight is 177 g/mol. The van der Waals surface area contributed by atoms with Crippen molar-refractivity contribution in [1.29, 1.82) is 5.26 Å². The van der Waals surface area contributed by atoms with Crippen molar-refractivity contribution in [3.05, 3.63) is 23.8 Å². The average Bonchev–Trinajstić information content (AvgIpc) is 2.18. The van der Waals surface area contributed by atoms with E-state index in [4.69, 9.17) is 14.7 Å². The minimum absolute atomic E-state index is 0.519. The fourth-order valence-corrected chi connectivity index (χ4v) is 1.02. The van der Waals surface area contributed by atoms with Crippen LogP contribution >= 0.6 is 0 Å². The lowest BCUT2D eigenvalue weighted by Gasteiger charge is -2.06. The number of benzene rings is 1. The molecule has 0 bridgehead atoms. The molecule has 1 aromatic carbocycles. The molecule has 0 radical (unpaired) electrons. The molecule has 1 rings (SSSR count). The molecule has 0 aliphatic rings. The van der Waals surface area contributed by atoms with E-state index in [-0.39, 0.29) is 0 Å². The minimum atomic E-state index is 0.519. The van der Waals surface area contributed by atoms with Crippen molar-refractivity contribution < 1.29 is 9.47 Å². The van der Waals surface area contributed by atoms with E-state index in [1.165, 1.54) is 7.11 Å². The van der Waals surface area contributed by atoms with E-state index in [1.54, 1.807) is 18.2 Å². The Labute approximate surface area is 77.5 Å². The summed E-state index contributed by atoms with van der Waals surface area (Å²) in [6.07, 6.45) is 0. The summed E-state index contributed by atoms with van der Waals surface area (Å²) in [6.45, 7) is 2.51. The Hall–Kier alpha value is -1.69. The Morgan fingerprint density at radius 1 is 1.46 bits per heavy atom. The highest BCUT2D eigenvalue weighted by atomic mass is 16.5. The van der Waals surface area contributed by atoms with Crippen molar-refractivity contribution in [2.75, 3.05) is 13.7 Å². The lowest BCUT2D eigenvalue weighted by Crippen LogP contribution is -1.93. The number of hydrogen-bond acceptors (Lipinski definition) is 3. The highest BCUT2D eigenvalue weighted by molar-refractivity contribution is 5.47. The van der Waals surface area contributed by atoms with Crippen LogP contribution in [0.15, 0.2) is 18.2 Å². The zero-order chi connectivity index (χ0) is 9.68. The molecule has 0 heterocycles. The van der Waals surface area contributed by atoms with Gasteiger partial charge in [0.15, 0.2) is 0 Å². The van der Waals surface area contributed by atoms with Crippen LogP contribution in [0.4, 0.5) is 0 Å². The van der Waals surface area contributed by atoms with E-state index in [0.29, 0.717) is 17.9 Å². The van der Waals surface area contributed by atoms with Gasteiger partial charge in [0.1, 0.15) is 17.6 Å². The van der Waals surface area contributed by atoms with Gasteiger partial charge in [0.2, 0.25) is 0 Å². The maximum atomic E-state index is 8.70. The third-order valence-electron chi connectivity index (χ3n) is 1.60. The molecule has 0 aliphatic carbocycles. The van der Waals surface area contributed by atoms with Crippen molar-refractivity contribution in [3.8, 4) is 17.6 Å².